The van der Waals surface area contributed by atoms with E-state index in [-0.39, 0.29) is 0 Å². The molecule has 2 nitrogen and oxygen atoms in total. The van der Waals surface area contributed by atoms with E-state index in [2.05, 4.69) is 5.32 Å². The minimum atomic E-state index is -3.37. The Kier molecular flexibility index (Phi) is 3.41. The molecule has 0 bridgehead atoms. The van der Waals surface area contributed by atoms with E-state index in [1.165, 1.54) is 0 Å². The molecule has 0 aromatic heterocycles. The molecule has 76 valence electrons. The van der Waals surface area contributed by atoms with Crippen molar-refractivity contribution < 1.29 is 13.6 Å². The standard InChI is InChI=1S/C9H8F2INO/c1-6-2-4-7(5-3-6)13-8(14)9(10,11)12/h2-5H,1H3,(H,13,14). The number of alkyl halides is 3. The fourth-order valence-corrected chi connectivity index (χ4v) is 0.974. The van der Waals surface area contributed by atoms with Gasteiger partial charge < -0.3 is 5.32 Å². The molecule has 1 aromatic rings. The SMILES string of the molecule is Cc1ccc(NC(=O)C(F)(F)I)cc1. The zero-order valence-corrected chi connectivity index (χ0v) is 9.51. The lowest BCUT2D eigenvalue weighted by Crippen LogP contribution is -2.28. The molecule has 0 atom stereocenters. The molecule has 14 heavy (non-hydrogen) atoms. The molecule has 0 fully saturated rings. The van der Waals surface area contributed by atoms with Crippen LogP contribution in [0.4, 0.5) is 14.5 Å². The van der Waals surface area contributed by atoms with Gasteiger partial charge in [0.1, 0.15) is 0 Å². The summed E-state index contributed by atoms with van der Waals surface area (Å²) in [6, 6.07) is 6.63. The van der Waals surface area contributed by atoms with Crippen LogP contribution in [0.1, 0.15) is 5.56 Å². The van der Waals surface area contributed by atoms with Gasteiger partial charge in [0.05, 0.1) is 0 Å². The molecular weight excluding hydrogens is 303 g/mol. The van der Waals surface area contributed by atoms with Gasteiger partial charge >= 0.3 is 9.84 Å². The highest BCUT2D eigenvalue weighted by molar-refractivity contribution is 14.1. The average molecular weight is 311 g/mol. The predicted octanol–water partition coefficient (Wildman–Crippen LogP) is 2.96. The molecule has 0 spiro atoms. The Morgan fingerprint density at radius 1 is 1.36 bits per heavy atom. The Labute approximate surface area is 93.8 Å². The number of halogens is 3. The van der Waals surface area contributed by atoms with Crippen LogP contribution in [-0.4, -0.2) is 9.84 Å². The van der Waals surface area contributed by atoms with Crippen molar-refractivity contribution in [3.05, 3.63) is 29.8 Å². The number of carbonyl (C=O) groups excluding carboxylic acids is 1. The van der Waals surface area contributed by atoms with E-state index in [1.807, 2.05) is 6.92 Å². The Morgan fingerprint density at radius 3 is 2.29 bits per heavy atom. The fraction of sp³-hybridized carbons (Fsp3) is 0.222. The summed E-state index contributed by atoms with van der Waals surface area (Å²) in [5.74, 6) is -1.30. The highest BCUT2D eigenvalue weighted by atomic mass is 127. The molecule has 0 aliphatic rings. The van der Waals surface area contributed by atoms with E-state index in [0.717, 1.165) is 28.2 Å². The van der Waals surface area contributed by atoms with Crippen molar-refractivity contribution in [3.63, 3.8) is 0 Å². The van der Waals surface area contributed by atoms with E-state index in [1.54, 1.807) is 24.3 Å². The minimum Gasteiger partial charge on any atom is -0.320 e. The number of aryl methyl sites for hydroxylation is 1. The predicted molar refractivity (Wildman–Crippen MR) is 58.8 cm³/mol. The average Bonchev–Trinajstić information content (AvgIpc) is 2.07. The number of carbonyl (C=O) groups is 1. The lowest BCUT2D eigenvalue weighted by Gasteiger charge is -2.09. The third kappa shape index (κ3) is 3.21. The van der Waals surface area contributed by atoms with Gasteiger partial charge in [-0.05, 0) is 19.1 Å². The van der Waals surface area contributed by atoms with Gasteiger partial charge in [0, 0.05) is 28.3 Å². The summed E-state index contributed by atoms with van der Waals surface area (Å²) in [5, 5.41) is 2.11. The molecular formula is C9H8F2INO. The topological polar surface area (TPSA) is 29.1 Å². The minimum absolute atomic E-state index is 0.372. The molecule has 0 radical (unpaired) electrons. The van der Waals surface area contributed by atoms with Crippen molar-refractivity contribution in [1.82, 2.24) is 0 Å². The van der Waals surface area contributed by atoms with Gasteiger partial charge in [-0.15, -0.1) is 0 Å². The molecule has 1 amide bonds. The molecule has 5 heteroatoms. The van der Waals surface area contributed by atoms with E-state index in [0.29, 0.717) is 5.69 Å². The van der Waals surface area contributed by atoms with Crippen LogP contribution in [0, 0.1) is 6.92 Å². The summed E-state index contributed by atoms with van der Waals surface area (Å²) in [6.45, 7) is 1.87. The zero-order chi connectivity index (χ0) is 10.8. The van der Waals surface area contributed by atoms with E-state index in [9.17, 15) is 13.6 Å². The third-order valence-corrected chi connectivity index (χ3v) is 2.06. The molecule has 1 rings (SSSR count). The van der Waals surface area contributed by atoms with Crippen LogP contribution < -0.4 is 5.32 Å². The second-order valence-corrected chi connectivity index (χ2v) is 4.17. The number of hydrogen-bond acceptors (Lipinski definition) is 1. The van der Waals surface area contributed by atoms with Crippen molar-refractivity contribution in [2.75, 3.05) is 5.32 Å². The van der Waals surface area contributed by atoms with Crippen molar-refractivity contribution in [3.8, 4) is 0 Å². The van der Waals surface area contributed by atoms with E-state index >= 15 is 0 Å². The molecule has 1 aromatic carbocycles. The van der Waals surface area contributed by atoms with Crippen LogP contribution in [0.5, 0.6) is 0 Å². The lowest BCUT2D eigenvalue weighted by molar-refractivity contribution is -0.127. The quantitative estimate of drug-likeness (QED) is 0.660. The smallest absolute Gasteiger partial charge is 0.320 e. The Balaban J connectivity index is 2.71. The maximum Gasteiger partial charge on any atom is 0.372 e. The highest BCUT2D eigenvalue weighted by Crippen LogP contribution is 2.24. The van der Waals surface area contributed by atoms with Gasteiger partial charge in [-0.25, -0.2) is 0 Å². The summed E-state index contributed by atoms with van der Waals surface area (Å²) in [4.78, 5) is 10.9. The number of rotatable bonds is 2. The Hall–Kier alpha value is -0.720. The normalized spacial score (nSPS) is 11.1. The summed E-state index contributed by atoms with van der Waals surface area (Å²) >= 11 is 0.791. The van der Waals surface area contributed by atoms with Crippen LogP contribution in [-0.2, 0) is 4.79 Å². The first-order chi connectivity index (χ1) is 6.39. The number of amides is 1. The van der Waals surface area contributed by atoms with Crippen LogP contribution >= 0.6 is 22.6 Å². The van der Waals surface area contributed by atoms with Gasteiger partial charge in [-0.2, -0.15) is 8.78 Å². The molecule has 0 heterocycles. The molecule has 0 unspecified atom stereocenters. The van der Waals surface area contributed by atoms with Crippen molar-refractivity contribution >= 4 is 34.2 Å². The molecule has 1 N–H and O–H groups in total. The molecule has 0 saturated carbocycles. The van der Waals surface area contributed by atoms with E-state index < -0.39 is 9.84 Å². The first kappa shape index (κ1) is 11.4. The zero-order valence-electron chi connectivity index (χ0n) is 7.35. The lowest BCUT2D eigenvalue weighted by atomic mass is 10.2. The number of hydrogen-bond donors (Lipinski definition) is 1. The molecule has 0 saturated heterocycles. The Morgan fingerprint density at radius 2 is 1.86 bits per heavy atom. The summed E-state index contributed by atoms with van der Waals surface area (Å²) < 4.78 is 21.5. The van der Waals surface area contributed by atoms with Gasteiger partial charge in [0.2, 0.25) is 0 Å². The van der Waals surface area contributed by atoms with Crippen molar-refractivity contribution in [2.45, 2.75) is 10.9 Å². The van der Waals surface area contributed by atoms with Crippen LogP contribution in [0.3, 0.4) is 0 Å². The fourth-order valence-electron chi connectivity index (χ4n) is 0.839. The van der Waals surface area contributed by atoms with Gasteiger partial charge in [0.25, 0.3) is 0 Å². The summed E-state index contributed by atoms with van der Waals surface area (Å²) in [6.07, 6.45) is 0. The largest absolute Gasteiger partial charge is 0.372 e. The van der Waals surface area contributed by atoms with Crippen molar-refractivity contribution in [2.24, 2.45) is 0 Å². The summed E-state index contributed by atoms with van der Waals surface area (Å²) in [5.41, 5.74) is 1.38. The van der Waals surface area contributed by atoms with E-state index in [4.69, 9.17) is 0 Å². The highest BCUT2D eigenvalue weighted by Gasteiger charge is 2.34. The van der Waals surface area contributed by atoms with Gasteiger partial charge in [-0.3, -0.25) is 4.79 Å². The third-order valence-electron chi connectivity index (χ3n) is 1.57. The van der Waals surface area contributed by atoms with Crippen LogP contribution in [0.25, 0.3) is 0 Å². The van der Waals surface area contributed by atoms with Crippen LogP contribution in [0.2, 0.25) is 0 Å². The maximum absolute atomic E-state index is 12.5. The summed E-state index contributed by atoms with van der Waals surface area (Å²) in [7, 11) is 0. The number of nitrogens with one attached hydrogen (secondary N) is 1. The molecule has 0 aliphatic heterocycles. The first-order valence-corrected chi connectivity index (χ1v) is 4.92. The van der Waals surface area contributed by atoms with Gasteiger partial charge in [-0.1, -0.05) is 17.7 Å². The number of anilines is 1. The monoisotopic (exact) mass is 311 g/mol. The molecule has 0 aliphatic carbocycles. The maximum atomic E-state index is 12.5. The van der Waals surface area contributed by atoms with Crippen LogP contribution in [0.15, 0.2) is 24.3 Å². The second kappa shape index (κ2) is 4.20. The second-order valence-electron chi connectivity index (χ2n) is 2.82. The van der Waals surface area contributed by atoms with Gasteiger partial charge in [0.15, 0.2) is 0 Å². The first-order valence-electron chi connectivity index (χ1n) is 3.84. The number of benzene rings is 1. The Bertz CT molecular complexity index is 332. The van der Waals surface area contributed by atoms with Crippen molar-refractivity contribution in [1.29, 1.82) is 0 Å².